The molecule has 1 amide bonds. The van der Waals surface area contributed by atoms with Crippen molar-refractivity contribution in [3.63, 3.8) is 0 Å². The Kier molecular flexibility index (Phi) is 6.63. The fourth-order valence-corrected chi connectivity index (χ4v) is 3.31. The zero-order valence-electron chi connectivity index (χ0n) is 15.4. The lowest BCUT2D eigenvalue weighted by Gasteiger charge is -2.27. The van der Waals surface area contributed by atoms with E-state index in [4.69, 9.17) is 4.74 Å². The molecule has 1 aliphatic heterocycles. The molecular formula is C21H27N3O2. The summed E-state index contributed by atoms with van der Waals surface area (Å²) in [5.41, 5.74) is 3.40. The summed E-state index contributed by atoms with van der Waals surface area (Å²) in [4.78, 5) is 17.0. The lowest BCUT2D eigenvalue weighted by atomic mass is 10.1. The molecule has 0 unspecified atom stereocenters. The van der Waals surface area contributed by atoms with E-state index in [-0.39, 0.29) is 5.91 Å². The molecule has 138 valence electrons. The van der Waals surface area contributed by atoms with Crippen molar-refractivity contribution in [3.05, 3.63) is 60.2 Å². The molecule has 3 rings (SSSR count). The van der Waals surface area contributed by atoms with Crippen molar-refractivity contribution < 1.29 is 9.53 Å². The molecule has 0 fully saturated rings. The summed E-state index contributed by atoms with van der Waals surface area (Å²) < 4.78 is 5.02. The molecule has 2 aromatic rings. The highest BCUT2D eigenvalue weighted by Gasteiger charge is 2.24. The maximum atomic E-state index is 12.7. The first-order valence-electron chi connectivity index (χ1n) is 9.17. The molecule has 0 aromatic heterocycles. The van der Waals surface area contributed by atoms with Gasteiger partial charge in [0.15, 0.2) is 0 Å². The Bertz CT molecular complexity index is 705. The molecule has 0 saturated carbocycles. The summed E-state index contributed by atoms with van der Waals surface area (Å²) in [6, 6.07) is 18.7. The topological polar surface area (TPSA) is 44.8 Å². The van der Waals surface area contributed by atoms with Gasteiger partial charge in [-0.1, -0.05) is 42.5 Å². The maximum absolute atomic E-state index is 12.7. The van der Waals surface area contributed by atoms with Crippen molar-refractivity contribution in [3.8, 4) is 0 Å². The number of hydrogen-bond donors (Lipinski definition) is 1. The second-order valence-electron chi connectivity index (χ2n) is 6.46. The van der Waals surface area contributed by atoms with Crippen LogP contribution in [0.1, 0.15) is 12.0 Å². The van der Waals surface area contributed by atoms with Crippen LogP contribution in [0.25, 0.3) is 0 Å². The van der Waals surface area contributed by atoms with Gasteiger partial charge in [0.25, 0.3) is 0 Å². The summed E-state index contributed by atoms with van der Waals surface area (Å²) in [7, 11) is 1.66. The van der Waals surface area contributed by atoms with Gasteiger partial charge in [-0.15, -0.1) is 0 Å². The van der Waals surface area contributed by atoms with Crippen LogP contribution in [0.2, 0.25) is 0 Å². The van der Waals surface area contributed by atoms with Gasteiger partial charge >= 0.3 is 0 Å². The quantitative estimate of drug-likeness (QED) is 0.778. The predicted octanol–water partition coefficient (Wildman–Crippen LogP) is 2.67. The van der Waals surface area contributed by atoms with Gasteiger partial charge in [0.2, 0.25) is 5.91 Å². The summed E-state index contributed by atoms with van der Waals surface area (Å²) >= 11 is 0. The summed E-state index contributed by atoms with van der Waals surface area (Å²) in [6.07, 6.45) is 0.950. The van der Waals surface area contributed by atoms with E-state index in [0.717, 1.165) is 37.4 Å². The Morgan fingerprint density at radius 2 is 1.77 bits per heavy atom. The van der Waals surface area contributed by atoms with Crippen LogP contribution in [0.3, 0.4) is 0 Å². The fraction of sp³-hybridized carbons (Fsp3) is 0.381. The van der Waals surface area contributed by atoms with Gasteiger partial charge in [0, 0.05) is 33.3 Å². The molecular weight excluding hydrogens is 326 g/mol. The summed E-state index contributed by atoms with van der Waals surface area (Å²) in [5, 5.41) is 3.16. The van der Waals surface area contributed by atoms with Crippen LogP contribution < -0.4 is 15.1 Å². The normalized spacial score (nSPS) is 14.0. The van der Waals surface area contributed by atoms with E-state index in [0.29, 0.717) is 19.7 Å². The lowest BCUT2D eigenvalue weighted by Crippen LogP contribution is -2.39. The molecule has 0 spiro atoms. The van der Waals surface area contributed by atoms with Gasteiger partial charge in [-0.3, -0.25) is 4.79 Å². The number of methoxy groups -OCH3 is 1. The van der Waals surface area contributed by atoms with Gasteiger partial charge < -0.3 is 19.9 Å². The second-order valence-corrected chi connectivity index (χ2v) is 6.46. The van der Waals surface area contributed by atoms with Gasteiger partial charge in [-0.05, 0) is 24.1 Å². The van der Waals surface area contributed by atoms with Crippen LogP contribution >= 0.6 is 0 Å². The standard InChI is InChI=1S/C21H27N3O2/c1-26-15-12-22-16-21(25)24-14-7-13-23(17-18-8-3-2-4-9-18)19-10-5-6-11-20(19)24/h2-6,8-11,22H,7,12-17H2,1H3. The molecule has 0 radical (unpaired) electrons. The molecule has 5 heteroatoms. The summed E-state index contributed by atoms with van der Waals surface area (Å²) in [5.74, 6) is 0.107. The van der Waals surface area contributed by atoms with Crippen molar-refractivity contribution in [1.29, 1.82) is 0 Å². The third-order valence-corrected chi connectivity index (χ3v) is 4.60. The molecule has 5 nitrogen and oxygen atoms in total. The number of amides is 1. The summed E-state index contributed by atoms with van der Waals surface area (Å²) in [6.45, 7) is 4.15. The van der Waals surface area contributed by atoms with Crippen LogP contribution in [-0.4, -0.2) is 45.8 Å². The van der Waals surface area contributed by atoms with Crippen molar-refractivity contribution in [2.24, 2.45) is 0 Å². The van der Waals surface area contributed by atoms with E-state index in [1.807, 2.05) is 29.2 Å². The third kappa shape index (κ3) is 4.62. The number of rotatable bonds is 7. The number of hydrogen-bond acceptors (Lipinski definition) is 4. The number of nitrogens with zero attached hydrogens (tertiary/aromatic N) is 2. The molecule has 1 heterocycles. The van der Waals surface area contributed by atoms with E-state index in [9.17, 15) is 4.79 Å². The first-order valence-corrected chi connectivity index (χ1v) is 9.17. The van der Waals surface area contributed by atoms with E-state index in [2.05, 4.69) is 40.5 Å². The number of ether oxygens (including phenoxy) is 1. The fourth-order valence-electron chi connectivity index (χ4n) is 3.31. The van der Waals surface area contributed by atoms with Crippen LogP contribution in [0, 0.1) is 0 Å². The monoisotopic (exact) mass is 353 g/mol. The number of carbonyl (C=O) groups excluding carboxylic acids is 1. The molecule has 0 saturated heterocycles. The highest BCUT2D eigenvalue weighted by atomic mass is 16.5. The maximum Gasteiger partial charge on any atom is 0.241 e. The first kappa shape index (κ1) is 18.4. The number of fused-ring (bicyclic) bond motifs is 1. The van der Waals surface area contributed by atoms with Crippen molar-refractivity contribution >= 4 is 17.3 Å². The zero-order valence-corrected chi connectivity index (χ0v) is 15.4. The minimum Gasteiger partial charge on any atom is -0.383 e. The minimum absolute atomic E-state index is 0.107. The Labute approximate surface area is 155 Å². The Hall–Kier alpha value is -2.37. The minimum atomic E-state index is 0.107. The van der Waals surface area contributed by atoms with Gasteiger partial charge in [-0.2, -0.15) is 0 Å². The molecule has 26 heavy (non-hydrogen) atoms. The highest BCUT2D eigenvalue weighted by Crippen LogP contribution is 2.33. The van der Waals surface area contributed by atoms with E-state index >= 15 is 0 Å². The van der Waals surface area contributed by atoms with E-state index in [1.54, 1.807) is 7.11 Å². The van der Waals surface area contributed by atoms with Crippen LogP contribution in [-0.2, 0) is 16.1 Å². The second kappa shape index (κ2) is 9.36. The Morgan fingerprint density at radius 3 is 2.54 bits per heavy atom. The van der Waals surface area contributed by atoms with E-state index in [1.165, 1.54) is 5.56 Å². The first-order chi connectivity index (χ1) is 12.8. The molecule has 1 aliphatic rings. The number of benzene rings is 2. The van der Waals surface area contributed by atoms with Gasteiger partial charge in [0.1, 0.15) is 0 Å². The average Bonchev–Trinajstić information content (AvgIpc) is 2.86. The molecule has 1 N–H and O–H groups in total. The number of para-hydroxylation sites is 2. The SMILES string of the molecule is COCCNCC(=O)N1CCCN(Cc2ccccc2)c2ccccc21. The highest BCUT2D eigenvalue weighted by molar-refractivity contribution is 5.98. The third-order valence-electron chi connectivity index (χ3n) is 4.60. The average molecular weight is 353 g/mol. The zero-order chi connectivity index (χ0) is 18.2. The smallest absolute Gasteiger partial charge is 0.241 e. The molecule has 0 bridgehead atoms. The van der Waals surface area contributed by atoms with Gasteiger partial charge in [0.05, 0.1) is 24.5 Å². The number of nitrogens with one attached hydrogen (secondary N) is 1. The molecule has 0 aliphatic carbocycles. The van der Waals surface area contributed by atoms with E-state index < -0.39 is 0 Å². The Balaban J connectivity index is 1.76. The van der Waals surface area contributed by atoms with Crippen LogP contribution in [0.5, 0.6) is 0 Å². The largest absolute Gasteiger partial charge is 0.383 e. The van der Waals surface area contributed by atoms with Crippen molar-refractivity contribution in [2.75, 3.05) is 49.7 Å². The molecule has 2 aromatic carbocycles. The predicted molar refractivity (Wildman–Crippen MR) is 106 cm³/mol. The Morgan fingerprint density at radius 1 is 1.04 bits per heavy atom. The number of anilines is 2. The van der Waals surface area contributed by atoms with Crippen LogP contribution in [0.15, 0.2) is 54.6 Å². The molecule has 0 atom stereocenters. The number of carbonyl (C=O) groups is 1. The van der Waals surface area contributed by atoms with Crippen molar-refractivity contribution in [2.45, 2.75) is 13.0 Å². The van der Waals surface area contributed by atoms with Crippen molar-refractivity contribution in [1.82, 2.24) is 5.32 Å². The van der Waals surface area contributed by atoms with Crippen LogP contribution in [0.4, 0.5) is 11.4 Å². The lowest BCUT2D eigenvalue weighted by molar-refractivity contribution is -0.117. The van der Waals surface area contributed by atoms with Gasteiger partial charge in [-0.25, -0.2) is 0 Å².